The van der Waals surface area contributed by atoms with E-state index in [1.807, 2.05) is 0 Å². The summed E-state index contributed by atoms with van der Waals surface area (Å²) in [4.78, 5) is 1.90. The number of sulfone groups is 1. The van der Waals surface area contributed by atoms with Gasteiger partial charge in [0.15, 0.2) is 9.84 Å². The highest BCUT2D eigenvalue weighted by atomic mass is 32.2. The van der Waals surface area contributed by atoms with E-state index < -0.39 is 28.5 Å². The molecule has 1 N–H and O–H groups in total. The molecule has 124 valence electrons. The van der Waals surface area contributed by atoms with Gasteiger partial charge >= 0.3 is 6.18 Å². The second kappa shape index (κ2) is 6.55. The molecule has 22 heavy (non-hydrogen) atoms. The largest absolute Gasteiger partial charge is 0.390 e. The number of hydrogen-bond donors (Lipinski definition) is 1. The maximum absolute atomic E-state index is 12.9. The van der Waals surface area contributed by atoms with E-state index in [1.165, 1.54) is 24.3 Å². The second-order valence-electron chi connectivity index (χ2n) is 5.46. The average molecular weight is 336 g/mol. The van der Waals surface area contributed by atoms with Crippen LogP contribution in [-0.2, 0) is 9.84 Å². The van der Waals surface area contributed by atoms with Gasteiger partial charge in [0.2, 0.25) is 0 Å². The van der Waals surface area contributed by atoms with Crippen molar-refractivity contribution in [3.05, 3.63) is 29.8 Å². The van der Waals surface area contributed by atoms with Gasteiger partial charge in [-0.25, -0.2) is 8.42 Å². The second-order valence-corrected chi connectivity index (χ2v) is 7.48. The van der Waals surface area contributed by atoms with Gasteiger partial charge in [0.05, 0.1) is 11.3 Å². The van der Waals surface area contributed by atoms with Crippen LogP contribution in [0.1, 0.15) is 18.0 Å². The standard InChI is InChI=1S/C14H19F3N2O2S/c1-22(20,21)12-4-2-11(3-5-12)13(10-14(15,16)17)19-8-6-18-7-9-19/h2-5,13,18H,6-10H2,1H3/t13-/m1/s1. The van der Waals surface area contributed by atoms with Crippen molar-refractivity contribution in [2.45, 2.75) is 23.5 Å². The number of halogens is 3. The summed E-state index contributed by atoms with van der Waals surface area (Å²) < 4.78 is 61.5. The maximum atomic E-state index is 12.9. The van der Waals surface area contributed by atoms with Crippen LogP contribution < -0.4 is 5.32 Å². The van der Waals surface area contributed by atoms with Crippen molar-refractivity contribution in [3.63, 3.8) is 0 Å². The minimum atomic E-state index is -4.27. The van der Waals surface area contributed by atoms with Gasteiger partial charge in [-0.2, -0.15) is 13.2 Å². The normalized spacial score (nSPS) is 19.1. The van der Waals surface area contributed by atoms with Crippen LogP contribution in [0.25, 0.3) is 0 Å². The van der Waals surface area contributed by atoms with Gasteiger partial charge in [0, 0.05) is 38.5 Å². The van der Waals surface area contributed by atoms with Gasteiger partial charge in [-0.3, -0.25) is 4.90 Å². The van der Waals surface area contributed by atoms with Gasteiger partial charge in [0.25, 0.3) is 0 Å². The fraction of sp³-hybridized carbons (Fsp3) is 0.571. The van der Waals surface area contributed by atoms with E-state index in [4.69, 9.17) is 0 Å². The number of piperazine rings is 1. The predicted octanol–water partition coefficient (Wildman–Crippen LogP) is 1.99. The zero-order valence-corrected chi connectivity index (χ0v) is 13.0. The van der Waals surface area contributed by atoms with Crippen LogP contribution in [-0.4, -0.2) is 51.9 Å². The Labute approximate surface area is 128 Å². The molecule has 0 spiro atoms. The van der Waals surface area contributed by atoms with Crippen molar-refractivity contribution >= 4 is 9.84 Å². The Bertz CT molecular complexity index is 594. The molecule has 1 atom stereocenters. The fourth-order valence-corrected chi connectivity index (χ4v) is 3.24. The lowest BCUT2D eigenvalue weighted by Gasteiger charge is -2.35. The predicted molar refractivity (Wildman–Crippen MR) is 77.4 cm³/mol. The molecular formula is C14H19F3N2O2S. The van der Waals surface area contributed by atoms with Crippen LogP contribution in [0.5, 0.6) is 0 Å². The molecule has 1 aliphatic rings. The van der Waals surface area contributed by atoms with Crippen molar-refractivity contribution in [2.24, 2.45) is 0 Å². The van der Waals surface area contributed by atoms with Gasteiger partial charge in [-0.05, 0) is 17.7 Å². The SMILES string of the molecule is CS(=O)(=O)c1ccc([C@@H](CC(F)(F)F)N2CCNCC2)cc1. The highest BCUT2D eigenvalue weighted by Gasteiger charge is 2.35. The van der Waals surface area contributed by atoms with Crippen LogP contribution in [0.3, 0.4) is 0 Å². The van der Waals surface area contributed by atoms with Crippen LogP contribution >= 0.6 is 0 Å². The molecule has 1 aromatic rings. The van der Waals surface area contributed by atoms with Gasteiger partial charge < -0.3 is 5.32 Å². The van der Waals surface area contributed by atoms with Crippen LogP contribution in [0.15, 0.2) is 29.2 Å². The molecule has 1 aliphatic heterocycles. The average Bonchev–Trinajstić information content (AvgIpc) is 2.44. The molecule has 4 nitrogen and oxygen atoms in total. The maximum Gasteiger partial charge on any atom is 0.390 e. The first-order valence-electron chi connectivity index (χ1n) is 6.98. The van der Waals surface area contributed by atoms with Crippen LogP contribution in [0, 0.1) is 0 Å². The third-order valence-electron chi connectivity index (χ3n) is 3.71. The summed E-state index contributed by atoms with van der Waals surface area (Å²) in [5.74, 6) is 0. The summed E-state index contributed by atoms with van der Waals surface area (Å²) in [6.45, 7) is 2.37. The zero-order valence-electron chi connectivity index (χ0n) is 12.2. The van der Waals surface area contributed by atoms with Crippen molar-refractivity contribution in [1.82, 2.24) is 10.2 Å². The molecule has 0 saturated carbocycles. The van der Waals surface area contributed by atoms with Gasteiger partial charge in [0.1, 0.15) is 0 Å². The summed E-state index contributed by atoms with van der Waals surface area (Å²) in [6, 6.07) is 4.92. The molecule has 1 saturated heterocycles. The van der Waals surface area contributed by atoms with E-state index in [-0.39, 0.29) is 4.90 Å². The Kier molecular flexibility index (Phi) is 5.14. The molecule has 0 bridgehead atoms. The number of nitrogens with zero attached hydrogens (tertiary/aromatic N) is 1. The quantitative estimate of drug-likeness (QED) is 0.914. The summed E-state index contributed by atoms with van der Waals surface area (Å²) >= 11 is 0. The molecular weight excluding hydrogens is 317 g/mol. The molecule has 1 fully saturated rings. The molecule has 1 heterocycles. The monoisotopic (exact) mass is 336 g/mol. The van der Waals surface area contributed by atoms with E-state index in [2.05, 4.69) is 5.32 Å². The fourth-order valence-electron chi connectivity index (χ4n) is 2.61. The summed E-state index contributed by atoms with van der Waals surface area (Å²) in [6.07, 6.45) is -4.14. The van der Waals surface area contributed by atoms with E-state index in [1.54, 1.807) is 4.90 Å². The highest BCUT2D eigenvalue weighted by Crippen LogP contribution is 2.34. The van der Waals surface area contributed by atoms with E-state index in [0.717, 1.165) is 6.26 Å². The molecule has 8 heteroatoms. The van der Waals surface area contributed by atoms with E-state index in [0.29, 0.717) is 31.7 Å². The van der Waals surface area contributed by atoms with Gasteiger partial charge in [-0.15, -0.1) is 0 Å². The van der Waals surface area contributed by atoms with Crippen molar-refractivity contribution < 1.29 is 21.6 Å². The molecule has 2 rings (SSSR count). The Balaban J connectivity index is 2.27. The zero-order chi connectivity index (χ0) is 16.4. The number of nitrogens with one attached hydrogen (secondary N) is 1. The Morgan fingerprint density at radius 2 is 1.73 bits per heavy atom. The lowest BCUT2D eigenvalue weighted by atomic mass is 10.0. The van der Waals surface area contributed by atoms with E-state index >= 15 is 0 Å². The smallest absolute Gasteiger partial charge is 0.314 e. The first kappa shape index (κ1) is 17.2. The van der Waals surface area contributed by atoms with Crippen molar-refractivity contribution in [1.29, 1.82) is 0 Å². The molecule has 0 aliphatic carbocycles. The molecule has 1 aromatic carbocycles. The molecule has 0 aromatic heterocycles. The topological polar surface area (TPSA) is 49.4 Å². The molecule has 0 radical (unpaired) electrons. The summed E-state index contributed by atoms with van der Waals surface area (Å²) in [7, 11) is -3.35. The Morgan fingerprint density at radius 3 is 2.18 bits per heavy atom. The molecule has 0 amide bonds. The molecule has 0 unspecified atom stereocenters. The lowest BCUT2D eigenvalue weighted by molar-refractivity contribution is -0.148. The van der Waals surface area contributed by atoms with Gasteiger partial charge in [-0.1, -0.05) is 12.1 Å². The summed E-state index contributed by atoms with van der Waals surface area (Å²) in [5.41, 5.74) is 0.492. The lowest BCUT2D eigenvalue weighted by Crippen LogP contribution is -2.46. The first-order valence-corrected chi connectivity index (χ1v) is 8.87. The minimum Gasteiger partial charge on any atom is -0.314 e. The minimum absolute atomic E-state index is 0.113. The highest BCUT2D eigenvalue weighted by molar-refractivity contribution is 7.90. The first-order chi connectivity index (χ1) is 10.2. The number of alkyl halides is 3. The van der Waals surface area contributed by atoms with E-state index in [9.17, 15) is 21.6 Å². The van der Waals surface area contributed by atoms with Crippen LogP contribution in [0.4, 0.5) is 13.2 Å². The Morgan fingerprint density at radius 1 is 1.18 bits per heavy atom. The Hall–Kier alpha value is -1.12. The van der Waals surface area contributed by atoms with Crippen molar-refractivity contribution in [3.8, 4) is 0 Å². The summed E-state index contributed by atoms with van der Waals surface area (Å²) in [5, 5.41) is 3.11. The van der Waals surface area contributed by atoms with Crippen molar-refractivity contribution in [2.75, 3.05) is 32.4 Å². The third-order valence-corrected chi connectivity index (χ3v) is 4.84. The number of rotatable bonds is 4. The number of benzene rings is 1. The number of hydrogen-bond acceptors (Lipinski definition) is 4. The third kappa shape index (κ3) is 4.69. The van der Waals surface area contributed by atoms with Crippen LogP contribution in [0.2, 0.25) is 0 Å².